The minimum atomic E-state index is -0.852. The highest BCUT2D eigenvalue weighted by Crippen LogP contribution is 2.29. The molecule has 0 saturated heterocycles. The molecule has 3 heteroatoms. The number of nitrogens with one attached hydrogen (secondary N) is 1. The molecule has 0 saturated carbocycles. The largest absolute Gasteiger partial charge is 0.354 e. The SMILES string of the molecule is CCCC(C#N)(CCC)C(=O)NCCc1ccccc1C. The Morgan fingerprint density at radius 2 is 1.86 bits per heavy atom. The van der Waals surface area contributed by atoms with E-state index in [9.17, 15) is 10.1 Å². The van der Waals surface area contributed by atoms with E-state index in [4.69, 9.17) is 0 Å². The van der Waals surface area contributed by atoms with Gasteiger partial charge in [-0.15, -0.1) is 0 Å². The monoisotopic (exact) mass is 286 g/mol. The lowest BCUT2D eigenvalue weighted by Gasteiger charge is -2.24. The number of carbonyl (C=O) groups excluding carboxylic acids is 1. The van der Waals surface area contributed by atoms with Gasteiger partial charge in [-0.25, -0.2) is 0 Å². The molecule has 1 aromatic carbocycles. The quantitative estimate of drug-likeness (QED) is 0.791. The van der Waals surface area contributed by atoms with Crippen LogP contribution in [0.4, 0.5) is 0 Å². The van der Waals surface area contributed by atoms with Crippen LogP contribution in [0, 0.1) is 23.7 Å². The number of amides is 1. The van der Waals surface area contributed by atoms with Crippen LogP contribution >= 0.6 is 0 Å². The Labute approximate surface area is 128 Å². The lowest BCUT2D eigenvalue weighted by atomic mass is 9.79. The van der Waals surface area contributed by atoms with Crippen molar-refractivity contribution in [3.63, 3.8) is 0 Å². The van der Waals surface area contributed by atoms with E-state index in [1.165, 1.54) is 11.1 Å². The summed E-state index contributed by atoms with van der Waals surface area (Å²) in [6.45, 7) is 6.69. The second-order valence-electron chi connectivity index (χ2n) is 5.63. The van der Waals surface area contributed by atoms with Crippen LogP contribution in [0.1, 0.15) is 50.7 Å². The highest BCUT2D eigenvalue weighted by atomic mass is 16.2. The number of hydrogen-bond acceptors (Lipinski definition) is 2. The van der Waals surface area contributed by atoms with Crippen molar-refractivity contribution in [2.45, 2.75) is 52.9 Å². The molecule has 1 N–H and O–H groups in total. The van der Waals surface area contributed by atoms with Crippen molar-refractivity contribution in [1.82, 2.24) is 5.32 Å². The minimum absolute atomic E-state index is 0.109. The Morgan fingerprint density at radius 1 is 1.24 bits per heavy atom. The van der Waals surface area contributed by atoms with E-state index in [1.54, 1.807) is 0 Å². The van der Waals surface area contributed by atoms with Gasteiger partial charge < -0.3 is 5.32 Å². The first kappa shape index (κ1) is 17.2. The van der Waals surface area contributed by atoms with E-state index in [0.717, 1.165) is 19.3 Å². The summed E-state index contributed by atoms with van der Waals surface area (Å²) < 4.78 is 0. The summed E-state index contributed by atoms with van der Waals surface area (Å²) in [5.74, 6) is -0.109. The third-order valence-corrected chi connectivity index (χ3v) is 3.94. The Morgan fingerprint density at radius 3 is 2.38 bits per heavy atom. The Hall–Kier alpha value is -1.82. The van der Waals surface area contributed by atoms with Crippen LogP contribution in [0.25, 0.3) is 0 Å². The van der Waals surface area contributed by atoms with Crippen molar-refractivity contribution in [1.29, 1.82) is 5.26 Å². The molecule has 0 unspecified atom stereocenters. The molecule has 0 heterocycles. The molecule has 0 atom stereocenters. The lowest BCUT2D eigenvalue weighted by molar-refractivity contribution is -0.128. The highest BCUT2D eigenvalue weighted by molar-refractivity contribution is 5.85. The summed E-state index contributed by atoms with van der Waals surface area (Å²) in [5, 5.41) is 12.4. The fourth-order valence-corrected chi connectivity index (χ4v) is 2.74. The molecule has 1 aromatic rings. The molecule has 114 valence electrons. The average molecular weight is 286 g/mol. The molecule has 0 aliphatic heterocycles. The third-order valence-electron chi connectivity index (χ3n) is 3.94. The van der Waals surface area contributed by atoms with Crippen molar-refractivity contribution >= 4 is 5.91 Å². The maximum Gasteiger partial charge on any atom is 0.240 e. The van der Waals surface area contributed by atoms with Gasteiger partial charge in [-0.2, -0.15) is 5.26 Å². The molecule has 0 bridgehead atoms. The van der Waals surface area contributed by atoms with Gasteiger partial charge in [0.15, 0.2) is 0 Å². The zero-order chi connectivity index (χ0) is 15.7. The maximum absolute atomic E-state index is 12.4. The van der Waals surface area contributed by atoms with Crippen LogP contribution in [-0.4, -0.2) is 12.5 Å². The summed E-state index contributed by atoms with van der Waals surface area (Å²) in [6.07, 6.45) is 3.76. The summed E-state index contributed by atoms with van der Waals surface area (Å²) in [7, 11) is 0. The zero-order valence-corrected chi connectivity index (χ0v) is 13.4. The number of nitriles is 1. The molecule has 0 aliphatic rings. The van der Waals surface area contributed by atoms with Crippen molar-refractivity contribution in [3.05, 3.63) is 35.4 Å². The van der Waals surface area contributed by atoms with Crippen LogP contribution in [0.15, 0.2) is 24.3 Å². The van der Waals surface area contributed by atoms with Gasteiger partial charge in [0.05, 0.1) is 6.07 Å². The smallest absolute Gasteiger partial charge is 0.240 e. The Bertz CT molecular complexity index is 496. The third kappa shape index (κ3) is 4.60. The first-order valence-corrected chi connectivity index (χ1v) is 7.83. The topological polar surface area (TPSA) is 52.9 Å². The van der Waals surface area contributed by atoms with E-state index in [-0.39, 0.29) is 5.91 Å². The predicted octanol–water partition coefficient (Wildman–Crippen LogP) is 3.76. The van der Waals surface area contributed by atoms with Crippen molar-refractivity contribution in [2.24, 2.45) is 5.41 Å². The first-order chi connectivity index (χ1) is 10.1. The molecule has 0 fully saturated rings. The molecule has 1 amide bonds. The Balaban J connectivity index is 2.62. The van der Waals surface area contributed by atoms with Gasteiger partial charge in [-0.1, -0.05) is 51.0 Å². The molecule has 0 aliphatic carbocycles. The van der Waals surface area contributed by atoms with Gasteiger partial charge in [0.25, 0.3) is 0 Å². The molecule has 21 heavy (non-hydrogen) atoms. The Kier molecular flexibility index (Phi) is 6.94. The van der Waals surface area contributed by atoms with Gasteiger partial charge in [0, 0.05) is 6.54 Å². The molecule has 0 aromatic heterocycles. The maximum atomic E-state index is 12.4. The molecule has 1 rings (SSSR count). The van der Waals surface area contributed by atoms with Crippen LogP contribution in [0.2, 0.25) is 0 Å². The number of rotatable bonds is 8. The van der Waals surface area contributed by atoms with Crippen LogP contribution < -0.4 is 5.32 Å². The van der Waals surface area contributed by atoms with Gasteiger partial charge >= 0.3 is 0 Å². The van der Waals surface area contributed by atoms with Crippen molar-refractivity contribution in [3.8, 4) is 6.07 Å². The van der Waals surface area contributed by atoms with Crippen LogP contribution in [0.3, 0.4) is 0 Å². The second kappa shape index (κ2) is 8.46. The van der Waals surface area contributed by atoms with Crippen LogP contribution in [-0.2, 0) is 11.2 Å². The second-order valence-corrected chi connectivity index (χ2v) is 5.63. The van der Waals surface area contributed by atoms with Crippen molar-refractivity contribution < 1.29 is 4.79 Å². The predicted molar refractivity (Wildman–Crippen MR) is 85.8 cm³/mol. The van der Waals surface area contributed by atoms with E-state index in [0.29, 0.717) is 19.4 Å². The standard InChI is InChI=1S/C18H26N2O/c1-4-11-18(14-19,12-5-2)17(21)20-13-10-16-9-7-6-8-15(16)3/h6-9H,4-5,10-13H2,1-3H3,(H,20,21). The van der Waals surface area contributed by atoms with E-state index in [1.807, 2.05) is 26.0 Å². The lowest BCUT2D eigenvalue weighted by Crippen LogP contribution is -2.41. The summed E-state index contributed by atoms with van der Waals surface area (Å²) in [4.78, 5) is 12.4. The minimum Gasteiger partial charge on any atom is -0.354 e. The summed E-state index contributed by atoms with van der Waals surface area (Å²) >= 11 is 0. The number of carbonyl (C=O) groups is 1. The molecular weight excluding hydrogens is 260 g/mol. The fourth-order valence-electron chi connectivity index (χ4n) is 2.74. The number of aryl methyl sites for hydroxylation is 1. The summed E-state index contributed by atoms with van der Waals surface area (Å²) in [5.41, 5.74) is 1.63. The number of hydrogen-bond donors (Lipinski definition) is 1. The van der Waals surface area contributed by atoms with Gasteiger partial charge in [0.1, 0.15) is 5.41 Å². The van der Waals surface area contributed by atoms with E-state index >= 15 is 0 Å². The summed E-state index contributed by atoms with van der Waals surface area (Å²) in [6, 6.07) is 10.4. The van der Waals surface area contributed by atoms with Gasteiger partial charge in [-0.05, 0) is 37.3 Å². The molecular formula is C18H26N2O. The fraction of sp³-hybridized carbons (Fsp3) is 0.556. The number of nitrogens with zero attached hydrogens (tertiary/aromatic N) is 1. The molecule has 3 nitrogen and oxygen atoms in total. The first-order valence-electron chi connectivity index (χ1n) is 7.83. The van der Waals surface area contributed by atoms with Crippen LogP contribution in [0.5, 0.6) is 0 Å². The van der Waals surface area contributed by atoms with E-state index in [2.05, 4.69) is 30.4 Å². The van der Waals surface area contributed by atoms with Gasteiger partial charge in [-0.3, -0.25) is 4.79 Å². The zero-order valence-electron chi connectivity index (χ0n) is 13.4. The number of benzene rings is 1. The van der Waals surface area contributed by atoms with E-state index < -0.39 is 5.41 Å². The normalized spacial score (nSPS) is 11.0. The van der Waals surface area contributed by atoms with Crippen molar-refractivity contribution in [2.75, 3.05) is 6.54 Å². The van der Waals surface area contributed by atoms with Gasteiger partial charge in [0.2, 0.25) is 5.91 Å². The molecule has 0 spiro atoms. The average Bonchev–Trinajstić information content (AvgIpc) is 2.48. The highest BCUT2D eigenvalue weighted by Gasteiger charge is 2.36. The molecule has 0 radical (unpaired) electrons.